The third kappa shape index (κ3) is 2.70. The topological polar surface area (TPSA) is 29.1 Å². The molecule has 3 heteroatoms. The van der Waals surface area contributed by atoms with Gasteiger partial charge in [-0.1, -0.05) is 53.9 Å². The van der Waals surface area contributed by atoms with Crippen molar-refractivity contribution in [1.82, 2.24) is 5.32 Å². The minimum Gasteiger partial charge on any atom is -0.340 e. The number of hydrogen-bond donors (Lipinski definition) is 1. The van der Waals surface area contributed by atoms with Gasteiger partial charge in [0.05, 0.1) is 10.6 Å². The average molecular weight is 458 g/mol. The van der Waals surface area contributed by atoms with E-state index in [0.29, 0.717) is 27.9 Å². The molecule has 5 aliphatic carbocycles. The van der Waals surface area contributed by atoms with Crippen LogP contribution in [0.4, 0.5) is 0 Å². The summed E-state index contributed by atoms with van der Waals surface area (Å²) in [5, 5.41) is 3.67. The Balaban J connectivity index is 1.28. The molecule has 1 heterocycles. The van der Waals surface area contributed by atoms with Gasteiger partial charge >= 0.3 is 0 Å². The first-order valence-electron chi connectivity index (χ1n) is 14.1. The highest BCUT2D eigenvalue weighted by Gasteiger charge is 2.83. The fourth-order valence-electron chi connectivity index (χ4n) is 11.3. The molecular weight excluding hydrogens is 410 g/mol. The van der Waals surface area contributed by atoms with Gasteiger partial charge in [-0.25, -0.2) is 0 Å². The van der Waals surface area contributed by atoms with Crippen molar-refractivity contribution in [1.29, 1.82) is 0 Å². The molecule has 0 radical (unpaired) electrons. The predicted molar refractivity (Wildman–Crippen MR) is 134 cm³/mol. The molecule has 32 heavy (non-hydrogen) atoms. The van der Waals surface area contributed by atoms with Crippen molar-refractivity contribution in [3.63, 3.8) is 0 Å². The molecule has 2 spiro atoms. The highest BCUT2D eigenvalue weighted by molar-refractivity contribution is 8.01. The van der Waals surface area contributed by atoms with E-state index in [1.807, 2.05) is 11.8 Å². The number of amides is 1. The summed E-state index contributed by atoms with van der Waals surface area (Å²) in [5.74, 6) is 7.19. The summed E-state index contributed by atoms with van der Waals surface area (Å²) in [6.07, 6.45) is 15.6. The van der Waals surface area contributed by atoms with Crippen molar-refractivity contribution in [2.45, 2.75) is 110 Å². The van der Waals surface area contributed by atoms with Crippen molar-refractivity contribution >= 4 is 17.7 Å². The molecule has 1 N–H and O–H groups in total. The Morgan fingerprint density at radius 1 is 1.00 bits per heavy atom. The number of rotatable bonds is 5. The molecule has 1 saturated heterocycles. The molecule has 6 rings (SSSR count). The van der Waals surface area contributed by atoms with Crippen molar-refractivity contribution in [3.8, 4) is 0 Å². The van der Waals surface area contributed by atoms with E-state index in [2.05, 4.69) is 39.9 Å². The number of carbonyl (C=O) groups excluding carboxylic acids is 1. The molecular formula is C29H47NOS. The Kier molecular flexibility index (Phi) is 5.00. The van der Waals surface area contributed by atoms with E-state index in [1.54, 1.807) is 0 Å². The Morgan fingerprint density at radius 3 is 2.50 bits per heavy atom. The first kappa shape index (κ1) is 22.3. The van der Waals surface area contributed by atoms with E-state index in [9.17, 15) is 4.79 Å². The van der Waals surface area contributed by atoms with Crippen LogP contribution in [0.25, 0.3) is 0 Å². The second kappa shape index (κ2) is 7.17. The van der Waals surface area contributed by atoms with Gasteiger partial charge < -0.3 is 5.32 Å². The van der Waals surface area contributed by atoms with Gasteiger partial charge in [-0.2, -0.15) is 0 Å². The highest BCUT2D eigenvalue weighted by Crippen LogP contribution is 2.86. The standard InChI is InChI=1S/C29H47NOS/c1-18(2)7-6-8-19(3)22-9-10-23-21-16-29(30-25(31)17-32-29)28-15-20(28)11-14-27(28,5)24(21)12-13-26(22,23)4/h18-24H,6-17H2,1-5H3,(H,30,31). The lowest BCUT2D eigenvalue weighted by Crippen LogP contribution is -2.64. The highest BCUT2D eigenvalue weighted by atomic mass is 32.2. The SMILES string of the molecule is CC(C)CCCC(C)C1CCC2C3CC4(NC(=O)CS4)C45CC4CCC5(C)C3CCC12C. The van der Waals surface area contributed by atoms with Crippen molar-refractivity contribution in [2.75, 3.05) is 5.75 Å². The summed E-state index contributed by atoms with van der Waals surface area (Å²) in [6, 6.07) is 0. The summed E-state index contributed by atoms with van der Waals surface area (Å²) >= 11 is 2.04. The maximum Gasteiger partial charge on any atom is 0.231 e. The first-order chi connectivity index (χ1) is 15.2. The van der Waals surface area contributed by atoms with Gasteiger partial charge in [0, 0.05) is 5.41 Å². The molecule has 0 aromatic rings. The third-order valence-corrected chi connectivity index (χ3v) is 14.2. The minimum atomic E-state index is 0.0698. The molecule has 10 atom stereocenters. The Bertz CT molecular complexity index is 796. The van der Waals surface area contributed by atoms with Crippen LogP contribution in [0.15, 0.2) is 0 Å². The zero-order valence-corrected chi connectivity index (χ0v) is 22.2. The van der Waals surface area contributed by atoms with E-state index in [0.717, 1.165) is 41.4 Å². The monoisotopic (exact) mass is 457 g/mol. The van der Waals surface area contributed by atoms with Crippen LogP contribution in [0.1, 0.15) is 105 Å². The lowest BCUT2D eigenvalue weighted by Gasteiger charge is -2.64. The second-order valence-corrected chi connectivity index (χ2v) is 15.4. The van der Waals surface area contributed by atoms with Gasteiger partial charge in [0.2, 0.25) is 5.91 Å². The maximum atomic E-state index is 12.6. The lowest BCUT2D eigenvalue weighted by atomic mass is 9.44. The van der Waals surface area contributed by atoms with E-state index < -0.39 is 0 Å². The van der Waals surface area contributed by atoms with Gasteiger partial charge in [-0.15, -0.1) is 11.8 Å². The fraction of sp³-hybridized carbons (Fsp3) is 0.966. The summed E-state index contributed by atoms with van der Waals surface area (Å²) in [4.78, 5) is 12.6. The molecule has 180 valence electrons. The molecule has 1 aliphatic heterocycles. The molecule has 0 aromatic carbocycles. The summed E-state index contributed by atoms with van der Waals surface area (Å²) in [7, 11) is 0. The molecule has 1 amide bonds. The summed E-state index contributed by atoms with van der Waals surface area (Å²) in [6.45, 7) is 12.7. The normalized spacial score (nSPS) is 54.2. The Hall–Kier alpha value is -0.180. The van der Waals surface area contributed by atoms with Gasteiger partial charge in [0.1, 0.15) is 0 Å². The van der Waals surface area contributed by atoms with Crippen LogP contribution >= 0.6 is 11.8 Å². The van der Waals surface area contributed by atoms with Gasteiger partial charge in [-0.3, -0.25) is 4.79 Å². The molecule has 6 aliphatic rings. The quantitative estimate of drug-likeness (QED) is 0.470. The molecule has 0 aromatic heterocycles. The average Bonchev–Trinajstić information content (AvgIpc) is 3.02. The smallest absolute Gasteiger partial charge is 0.231 e. The van der Waals surface area contributed by atoms with E-state index in [-0.39, 0.29) is 4.87 Å². The van der Waals surface area contributed by atoms with Crippen LogP contribution in [0.2, 0.25) is 0 Å². The van der Waals surface area contributed by atoms with E-state index >= 15 is 0 Å². The predicted octanol–water partition coefficient (Wildman–Crippen LogP) is 7.28. The fourth-order valence-corrected chi connectivity index (χ4v) is 13.0. The largest absolute Gasteiger partial charge is 0.340 e. The molecule has 0 bridgehead atoms. The van der Waals surface area contributed by atoms with Crippen molar-refractivity contribution in [3.05, 3.63) is 0 Å². The second-order valence-electron chi connectivity index (χ2n) is 14.1. The molecule has 5 saturated carbocycles. The van der Waals surface area contributed by atoms with Crippen LogP contribution in [-0.4, -0.2) is 16.5 Å². The van der Waals surface area contributed by atoms with Gasteiger partial charge in [0.15, 0.2) is 0 Å². The zero-order chi connectivity index (χ0) is 22.5. The Labute approximate surface area is 201 Å². The van der Waals surface area contributed by atoms with Crippen molar-refractivity contribution < 1.29 is 4.79 Å². The van der Waals surface area contributed by atoms with Gasteiger partial charge in [-0.05, 0) is 104 Å². The van der Waals surface area contributed by atoms with Crippen LogP contribution in [0.3, 0.4) is 0 Å². The van der Waals surface area contributed by atoms with E-state index in [4.69, 9.17) is 0 Å². The number of thioether (sulfide) groups is 1. The van der Waals surface area contributed by atoms with Crippen LogP contribution < -0.4 is 5.32 Å². The summed E-state index contributed by atoms with van der Waals surface area (Å²) in [5.41, 5.74) is 1.43. The van der Waals surface area contributed by atoms with Crippen molar-refractivity contribution in [2.24, 2.45) is 57.7 Å². The number of hydrogen-bond acceptors (Lipinski definition) is 2. The van der Waals surface area contributed by atoms with Crippen LogP contribution in [0, 0.1) is 57.7 Å². The Morgan fingerprint density at radius 2 is 1.81 bits per heavy atom. The minimum absolute atomic E-state index is 0.0698. The van der Waals surface area contributed by atoms with E-state index in [1.165, 1.54) is 70.6 Å². The zero-order valence-electron chi connectivity index (χ0n) is 21.3. The first-order valence-corrected chi connectivity index (χ1v) is 15.1. The molecule has 2 nitrogen and oxygen atoms in total. The van der Waals surface area contributed by atoms with Crippen LogP contribution in [0.5, 0.6) is 0 Å². The number of fused-ring (bicyclic) bond motifs is 4. The van der Waals surface area contributed by atoms with Gasteiger partial charge in [0.25, 0.3) is 0 Å². The van der Waals surface area contributed by atoms with Crippen LogP contribution in [-0.2, 0) is 4.79 Å². The summed E-state index contributed by atoms with van der Waals surface area (Å²) < 4.78 is 0. The molecule has 10 unspecified atom stereocenters. The maximum absolute atomic E-state index is 12.6. The number of nitrogens with one attached hydrogen (secondary N) is 1. The third-order valence-electron chi connectivity index (χ3n) is 12.6. The molecule has 6 fully saturated rings. The number of carbonyl (C=O) groups is 1. The lowest BCUT2D eigenvalue weighted by molar-refractivity contribution is -0.133.